The molecular weight excluding hydrogens is 1140 g/mol. The van der Waals surface area contributed by atoms with E-state index in [0.717, 1.165) is 57.0 Å². The van der Waals surface area contributed by atoms with Crippen LogP contribution >= 0.6 is 11.8 Å². The predicted molar refractivity (Wildman–Crippen MR) is 326 cm³/mol. The fourth-order valence-corrected chi connectivity index (χ4v) is 13.4. The van der Waals surface area contributed by atoms with Crippen LogP contribution in [-0.2, 0) is 22.8 Å². The Kier molecular flexibility index (Phi) is 21.1. The highest BCUT2D eigenvalue weighted by atomic mass is 32.2. The normalized spacial score (nSPS) is 17.2. The number of hydrogen-bond donors (Lipinski definition) is 5. The minimum Gasteiger partial charge on any atom is -0.477 e. The monoisotopic (exact) mass is 1210 g/mol. The number of urea groups is 1. The molecule has 3 fully saturated rings. The van der Waals surface area contributed by atoms with Gasteiger partial charge in [-0.3, -0.25) is 33.8 Å². The highest BCUT2D eigenvalue weighted by molar-refractivity contribution is 8.00. The lowest BCUT2D eigenvalue weighted by Crippen LogP contribution is -2.36. The summed E-state index contributed by atoms with van der Waals surface area (Å²) in [6.45, 7) is 14.9. The highest BCUT2D eigenvalue weighted by Gasteiger charge is 2.42. The molecule has 24 heteroatoms. The predicted octanol–water partition coefficient (Wildman–Crippen LogP) is 8.53. The average Bonchev–Trinajstić information content (AvgIpc) is 2.37. The van der Waals surface area contributed by atoms with Crippen molar-refractivity contribution in [3.05, 3.63) is 110 Å². The second-order valence-corrected chi connectivity index (χ2v) is 23.7. The summed E-state index contributed by atoms with van der Waals surface area (Å²) in [5.74, 6) is 2.99. The van der Waals surface area contributed by atoms with Crippen molar-refractivity contribution in [2.45, 2.75) is 123 Å². The van der Waals surface area contributed by atoms with Crippen molar-refractivity contribution < 1.29 is 61.7 Å². The minimum atomic E-state index is -1.22. The number of furan rings is 3. The van der Waals surface area contributed by atoms with Crippen molar-refractivity contribution in [2.75, 3.05) is 70.1 Å². The number of nitrogens with one attached hydrogen (secondary N) is 4. The first-order valence-electron chi connectivity index (χ1n) is 29.5. The number of unbranched alkanes of at least 4 members (excludes halogenated alkanes) is 4. The van der Waals surface area contributed by atoms with E-state index < -0.39 is 5.97 Å². The standard InChI is InChI=1S/C63H76N10O13S/c1-36-49(34-76)39(4)83-58(36)44-27-48(33-75)68-53(29-44)73-22-20-71(18-19-72(21-23-73)31-46-25-43(28-50(67-46)62(79)80)60-38(3)57(86-82-7)41(6)85-60)30-45-24-42(26-47(32-74)66-45)59-37(2)55(40(5)84-59)61(78)65-17-13-9-8-12-16-64-54(77)15-11-10-14-52-56-51(35-87-52)69-63(81)70-56/h24-29,32-34,51-52,56H,8-23,30-31,35H2,1-7H3,(H,64,77)(H,65,78)(H,79,80)(H2,69,70,81). The topological polar surface area (TPSA) is 294 Å². The van der Waals surface area contributed by atoms with Crippen LogP contribution in [0.15, 0.2) is 49.6 Å². The third-order valence-electron chi connectivity index (χ3n) is 16.3. The van der Waals surface area contributed by atoms with Crippen LogP contribution in [-0.4, -0.2) is 155 Å². The molecule has 87 heavy (non-hydrogen) atoms. The molecule has 3 unspecified atom stereocenters. The number of pyridine rings is 3. The molecule has 3 aliphatic heterocycles. The van der Waals surface area contributed by atoms with Crippen molar-refractivity contribution in [1.82, 2.24) is 46.0 Å². The molecule has 9 heterocycles. The molecule has 0 bridgehead atoms. The number of anilines is 1. The third-order valence-corrected chi connectivity index (χ3v) is 17.8. The SMILES string of the molecule is COOc1c(C)oc(-c2cc(CN3CCN(Cc4cc(-c5oc(C)c(C(=O)NCCCCCCNC(=O)CCCCC6SCC7NC(=O)NC76)c5C)cc(C=O)n4)CCN(c4cc(-c5oc(C)c(C=O)c5C)cc(C=O)n4)CC3)nc(C(=O)O)c2)c1C. The maximum absolute atomic E-state index is 13.7. The lowest BCUT2D eigenvalue weighted by atomic mass is 10.0. The van der Waals surface area contributed by atoms with Crippen LogP contribution in [0.3, 0.4) is 0 Å². The zero-order chi connectivity index (χ0) is 61.9. The quantitative estimate of drug-likeness (QED) is 0.0106. The van der Waals surface area contributed by atoms with Crippen LogP contribution in [0.4, 0.5) is 10.6 Å². The highest BCUT2D eigenvalue weighted by Crippen LogP contribution is 2.38. The number of nitrogens with zero attached hydrogens (tertiary/aromatic N) is 6. The van der Waals surface area contributed by atoms with Crippen molar-refractivity contribution in [3.8, 4) is 39.7 Å². The Morgan fingerprint density at radius 2 is 1.28 bits per heavy atom. The molecule has 0 spiro atoms. The molecule has 0 aromatic carbocycles. The number of carbonyl (C=O) groups excluding carboxylic acids is 6. The second-order valence-electron chi connectivity index (χ2n) is 22.4. The van der Waals surface area contributed by atoms with E-state index in [2.05, 4.69) is 41.0 Å². The molecule has 3 aliphatic rings. The first-order valence-corrected chi connectivity index (χ1v) is 30.6. The zero-order valence-electron chi connectivity index (χ0n) is 50.3. The van der Waals surface area contributed by atoms with E-state index in [9.17, 15) is 38.7 Å². The van der Waals surface area contributed by atoms with Gasteiger partial charge in [0.2, 0.25) is 11.7 Å². The van der Waals surface area contributed by atoms with Crippen LogP contribution in [0.5, 0.6) is 5.75 Å². The molecule has 462 valence electrons. The lowest BCUT2D eigenvalue weighted by molar-refractivity contribution is -0.179. The third kappa shape index (κ3) is 15.3. The summed E-state index contributed by atoms with van der Waals surface area (Å²) in [6, 6.07) is 10.5. The summed E-state index contributed by atoms with van der Waals surface area (Å²) in [5, 5.41) is 22.7. The molecule has 9 rings (SSSR count). The molecule has 3 saturated heterocycles. The van der Waals surface area contributed by atoms with Gasteiger partial charge in [-0.05, 0) is 104 Å². The number of hydrogen-bond acceptors (Lipinski definition) is 19. The van der Waals surface area contributed by atoms with Crippen molar-refractivity contribution >= 4 is 60.3 Å². The van der Waals surface area contributed by atoms with Gasteiger partial charge in [-0.2, -0.15) is 16.6 Å². The summed E-state index contributed by atoms with van der Waals surface area (Å²) < 4.78 is 18.5. The van der Waals surface area contributed by atoms with E-state index in [1.807, 2.05) is 30.8 Å². The number of aromatic nitrogens is 3. The van der Waals surface area contributed by atoms with Gasteiger partial charge < -0.3 is 49.4 Å². The molecule has 6 aromatic rings. The van der Waals surface area contributed by atoms with Crippen LogP contribution in [0.25, 0.3) is 34.0 Å². The molecule has 0 aliphatic carbocycles. The molecular formula is C63H76N10O13S. The average molecular weight is 1210 g/mol. The van der Waals surface area contributed by atoms with Gasteiger partial charge in [0.25, 0.3) is 5.91 Å². The number of fused-ring (bicyclic) bond motifs is 1. The maximum Gasteiger partial charge on any atom is 0.354 e. The molecule has 3 atom stereocenters. The van der Waals surface area contributed by atoms with Gasteiger partial charge in [0.15, 0.2) is 18.9 Å². The van der Waals surface area contributed by atoms with E-state index in [1.165, 1.54) is 13.2 Å². The maximum atomic E-state index is 13.7. The van der Waals surface area contributed by atoms with Crippen LogP contribution < -0.4 is 31.1 Å². The molecule has 0 radical (unpaired) electrons. The van der Waals surface area contributed by atoms with Gasteiger partial charge in [0.1, 0.15) is 57.5 Å². The molecule has 6 aromatic heterocycles. The molecule has 5 N–H and O–H groups in total. The largest absolute Gasteiger partial charge is 0.477 e. The number of rotatable bonds is 27. The molecule has 23 nitrogen and oxygen atoms in total. The Bertz CT molecular complexity index is 3520. The number of carbonyl (C=O) groups is 7. The van der Waals surface area contributed by atoms with Crippen molar-refractivity contribution in [2.24, 2.45) is 0 Å². The van der Waals surface area contributed by atoms with Crippen molar-refractivity contribution in [3.63, 3.8) is 0 Å². The van der Waals surface area contributed by atoms with Gasteiger partial charge in [-0.25, -0.2) is 24.5 Å². The second kappa shape index (κ2) is 29.0. The van der Waals surface area contributed by atoms with Gasteiger partial charge in [-0.15, -0.1) is 0 Å². The van der Waals surface area contributed by atoms with E-state index >= 15 is 0 Å². The van der Waals surface area contributed by atoms with E-state index in [-0.39, 0.29) is 60.1 Å². The Balaban J connectivity index is 0.867. The van der Waals surface area contributed by atoms with Gasteiger partial charge in [0, 0.05) is 116 Å². The number of carboxylic acids is 1. The number of aryl methyl sites for hydroxylation is 3. The molecule has 4 amide bonds. The van der Waals surface area contributed by atoms with Gasteiger partial charge in [0.05, 0.1) is 41.7 Å². The van der Waals surface area contributed by atoms with Gasteiger partial charge in [-0.1, -0.05) is 19.3 Å². The molecule has 0 saturated carbocycles. The zero-order valence-corrected chi connectivity index (χ0v) is 51.1. The van der Waals surface area contributed by atoms with E-state index in [4.69, 9.17) is 33.0 Å². The number of aromatic carboxylic acids is 1. The summed E-state index contributed by atoms with van der Waals surface area (Å²) >= 11 is 1.88. The summed E-state index contributed by atoms with van der Waals surface area (Å²) in [6.07, 6.45) is 8.67. The number of carboxylic acid groups (broad SMARTS) is 1. The lowest BCUT2D eigenvalue weighted by Gasteiger charge is -2.27. The Hall–Kier alpha value is -8.19. The summed E-state index contributed by atoms with van der Waals surface area (Å²) in [4.78, 5) is 118. The fourth-order valence-electron chi connectivity index (χ4n) is 11.8. The Morgan fingerprint density at radius 3 is 1.93 bits per heavy atom. The number of thioether (sulfide) groups is 1. The van der Waals surface area contributed by atoms with Crippen LogP contribution in [0.1, 0.15) is 149 Å². The Labute approximate surface area is 509 Å². The van der Waals surface area contributed by atoms with E-state index in [1.54, 1.807) is 52.8 Å². The summed E-state index contributed by atoms with van der Waals surface area (Å²) in [5.41, 5.74) is 5.55. The minimum absolute atomic E-state index is 0.0518. The van der Waals surface area contributed by atoms with Crippen LogP contribution in [0.2, 0.25) is 0 Å². The first kappa shape index (κ1) is 63.3. The summed E-state index contributed by atoms with van der Waals surface area (Å²) in [7, 11) is 1.38. The van der Waals surface area contributed by atoms with E-state index in [0.29, 0.717) is 179 Å². The number of amides is 4. The van der Waals surface area contributed by atoms with Gasteiger partial charge >= 0.3 is 12.0 Å². The Morgan fingerprint density at radius 1 is 0.678 bits per heavy atom. The number of aldehydes is 3. The first-order chi connectivity index (χ1) is 41.9. The van der Waals surface area contributed by atoms with Crippen LogP contribution in [0, 0.1) is 41.5 Å². The fraction of sp³-hybridized carbons (Fsp3) is 0.460. The van der Waals surface area contributed by atoms with Crippen molar-refractivity contribution in [1.29, 1.82) is 0 Å². The smallest absolute Gasteiger partial charge is 0.354 e.